The van der Waals surface area contributed by atoms with E-state index in [9.17, 15) is 4.79 Å². The van der Waals surface area contributed by atoms with Crippen LogP contribution in [0.3, 0.4) is 0 Å². The van der Waals surface area contributed by atoms with E-state index >= 15 is 0 Å². The Labute approximate surface area is 126 Å². The molecular weight excluding hydrogens is 260 g/mol. The predicted molar refractivity (Wildman–Crippen MR) is 87.4 cm³/mol. The average Bonchev–Trinajstić information content (AvgIpc) is 2.51. The summed E-state index contributed by atoms with van der Waals surface area (Å²) in [7, 11) is 1.84. The lowest BCUT2D eigenvalue weighted by atomic mass is 10.0. The van der Waals surface area contributed by atoms with E-state index in [1.54, 1.807) is 11.0 Å². The maximum atomic E-state index is 12.5. The molecule has 0 aliphatic rings. The molecule has 110 valence electrons. The van der Waals surface area contributed by atoms with E-state index in [2.05, 4.69) is 12.1 Å². The lowest BCUT2D eigenvalue weighted by molar-refractivity contribution is 0.0796. The first-order chi connectivity index (χ1) is 10.0. The van der Waals surface area contributed by atoms with Crippen molar-refractivity contribution in [2.45, 2.75) is 20.3 Å². The highest BCUT2D eigenvalue weighted by Gasteiger charge is 2.15. The number of hydrogen-bond acceptors (Lipinski definition) is 2. The van der Waals surface area contributed by atoms with E-state index in [-0.39, 0.29) is 5.91 Å². The molecule has 0 aliphatic heterocycles. The number of nitrogen functional groups attached to an aromatic ring is 1. The van der Waals surface area contributed by atoms with Crippen LogP contribution in [0.2, 0.25) is 0 Å². The minimum atomic E-state index is 0.0477. The molecule has 0 bridgehead atoms. The first-order valence-electron chi connectivity index (χ1n) is 7.15. The van der Waals surface area contributed by atoms with Crippen LogP contribution in [-0.2, 0) is 6.42 Å². The second-order valence-electron chi connectivity index (χ2n) is 5.41. The summed E-state index contributed by atoms with van der Waals surface area (Å²) >= 11 is 0. The van der Waals surface area contributed by atoms with Crippen LogP contribution in [0.15, 0.2) is 42.5 Å². The molecule has 21 heavy (non-hydrogen) atoms. The normalized spacial score (nSPS) is 10.4. The molecule has 0 fully saturated rings. The Morgan fingerprint density at radius 2 is 1.71 bits per heavy atom. The van der Waals surface area contributed by atoms with Crippen LogP contribution in [-0.4, -0.2) is 24.4 Å². The third-order valence-corrected chi connectivity index (χ3v) is 3.98. The molecule has 2 N–H and O–H groups in total. The van der Waals surface area contributed by atoms with Gasteiger partial charge in [0.25, 0.3) is 5.91 Å². The van der Waals surface area contributed by atoms with Crippen LogP contribution in [0.4, 0.5) is 5.69 Å². The van der Waals surface area contributed by atoms with Gasteiger partial charge in [-0.2, -0.15) is 0 Å². The Balaban J connectivity index is 2.08. The summed E-state index contributed by atoms with van der Waals surface area (Å²) in [4.78, 5) is 14.3. The molecule has 0 unspecified atom stereocenters. The molecule has 2 rings (SSSR count). The summed E-state index contributed by atoms with van der Waals surface area (Å²) in [6, 6.07) is 13.8. The van der Waals surface area contributed by atoms with Crippen LogP contribution in [0, 0.1) is 13.8 Å². The Kier molecular flexibility index (Phi) is 4.63. The van der Waals surface area contributed by atoms with Crippen LogP contribution in [0.5, 0.6) is 0 Å². The summed E-state index contributed by atoms with van der Waals surface area (Å²) in [5.41, 5.74) is 10.5. The topological polar surface area (TPSA) is 46.3 Å². The molecule has 0 radical (unpaired) electrons. The van der Waals surface area contributed by atoms with E-state index in [0.29, 0.717) is 6.54 Å². The van der Waals surface area contributed by atoms with Gasteiger partial charge in [0.1, 0.15) is 0 Å². The van der Waals surface area contributed by atoms with Crippen molar-refractivity contribution in [2.24, 2.45) is 0 Å². The van der Waals surface area contributed by atoms with E-state index in [1.807, 2.05) is 45.2 Å². The highest BCUT2D eigenvalue weighted by atomic mass is 16.2. The highest BCUT2D eigenvalue weighted by Crippen LogP contribution is 2.20. The van der Waals surface area contributed by atoms with Crippen molar-refractivity contribution in [2.75, 3.05) is 19.3 Å². The lowest BCUT2D eigenvalue weighted by Crippen LogP contribution is -2.29. The number of nitrogens with two attached hydrogens (primary N) is 1. The fraction of sp³-hybridized carbons (Fsp3) is 0.278. The van der Waals surface area contributed by atoms with Crippen molar-refractivity contribution in [3.63, 3.8) is 0 Å². The number of nitrogens with zero attached hydrogens (tertiary/aromatic N) is 1. The largest absolute Gasteiger partial charge is 0.399 e. The van der Waals surface area contributed by atoms with Crippen LogP contribution in [0.1, 0.15) is 27.0 Å². The molecule has 2 aromatic rings. The number of benzene rings is 2. The number of carbonyl (C=O) groups excluding carboxylic acids is 1. The number of anilines is 1. The van der Waals surface area contributed by atoms with Gasteiger partial charge in [0, 0.05) is 24.8 Å². The van der Waals surface area contributed by atoms with Crippen LogP contribution in [0.25, 0.3) is 0 Å². The maximum Gasteiger partial charge on any atom is 0.253 e. The van der Waals surface area contributed by atoms with Gasteiger partial charge in [0.2, 0.25) is 0 Å². The second kappa shape index (κ2) is 6.44. The summed E-state index contributed by atoms with van der Waals surface area (Å²) in [6.07, 6.45) is 0.857. The molecule has 1 amide bonds. The summed E-state index contributed by atoms with van der Waals surface area (Å²) < 4.78 is 0. The average molecular weight is 282 g/mol. The number of likely N-dealkylation sites (N-methyl/N-ethyl adjacent to an activating group) is 1. The van der Waals surface area contributed by atoms with Gasteiger partial charge >= 0.3 is 0 Å². The van der Waals surface area contributed by atoms with Crippen molar-refractivity contribution in [3.05, 3.63) is 64.7 Å². The van der Waals surface area contributed by atoms with E-state index in [1.165, 1.54) is 5.56 Å². The molecule has 3 heteroatoms. The van der Waals surface area contributed by atoms with Crippen molar-refractivity contribution in [1.82, 2.24) is 4.90 Å². The van der Waals surface area contributed by atoms with Gasteiger partial charge < -0.3 is 10.6 Å². The summed E-state index contributed by atoms with van der Waals surface area (Å²) in [6.45, 7) is 4.60. The molecule has 2 aromatic carbocycles. The predicted octanol–water partition coefficient (Wildman–Crippen LogP) is 3.20. The monoisotopic (exact) mass is 282 g/mol. The van der Waals surface area contributed by atoms with Gasteiger partial charge in [-0.05, 0) is 49.1 Å². The highest BCUT2D eigenvalue weighted by molar-refractivity contribution is 5.96. The van der Waals surface area contributed by atoms with E-state index < -0.39 is 0 Å². The second-order valence-corrected chi connectivity index (χ2v) is 5.41. The Morgan fingerprint density at radius 3 is 2.38 bits per heavy atom. The molecule has 0 heterocycles. The van der Waals surface area contributed by atoms with E-state index in [0.717, 1.165) is 28.8 Å². The number of rotatable bonds is 4. The Morgan fingerprint density at radius 1 is 1.05 bits per heavy atom. The number of amides is 1. The van der Waals surface area contributed by atoms with Gasteiger partial charge in [0.15, 0.2) is 0 Å². The molecule has 0 saturated carbocycles. The molecule has 0 saturated heterocycles. The van der Waals surface area contributed by atoms with Crippen molar-refractivity contribution in [1.29, 1.82) is 0 Å². The van der Waals surface area contributed by atoms with Gasteiger partial charge in [-0.25, -0.2) is 0 Å². The van der Waals surface area contributed by atoms with Gasteiger partial charge in [-0.3, -0.25) is 4.79 Å². The quantitative estimate of drug-likeness (QED) is 0.875. The molecule has 3 nitrogen and oxygen atoms in total. The van der Waals surface area contributed by atoms with Crippen molar-refractivity contribution < 1.29 is 4.79 Å². The first-order valence-corrected chi connectivity index (χ1v) is 7.15. The van der Waals surface area contributed by atoms with Gasteiger partial charge in [0.05, 0.1) is 0 Å². The molecule has 0 aromatic heterocycles. The number of carbonyl (C=O) groups is 1. The SMILES string of the molecule is Cc1c(N)ccc(C(=O)N(C)CCc2ccccc2)c1C. The maximum absolute atomic E-state index is 12.5. The third-order valence-electron chi connectivity index (χ3n) is 3.98. The standard InChI is InChI=1S/C18H22N2O/c1-13-14(2)17(19)10-9-16(13)18(21)20(3)12-11-15-7-5-4-6-8-15/h4-10H,11-12,19H2,1-3H3. The molecular formula is C18H22N2O. The minimum Gasteiger partial charge on any atom is -0.399 e. The lowest BCUT2D eigenvalue weighted by Gasteiger charge is -2.19. The van der Waals surface area contributed by atoms with Crippen LogP contribution < -0.4 is 5.73 Å². The Hall–Kier alpha value is -2.29. The number of hydrogen-bond donors (Lipinski definition) is 1. The summed E-state index contributed by atoms with van der Waals surface area (Å²) in [5.74, 6) is 0.0477. The molecule has 0 atom stereocenters. The molecule has 0 spiro atoms. The van der Waals surface area contributed by atoms with Crippen molar-refractivity contribution in [3.8, 4) is 0 Å². The van der Waals surface area contributed by atoms with Crippen LogP contribution >= 0.6 is 0 Å². The third kappa shape index (κ3) is 3.43. The smallest absolute Gasteiger partial charge is 0.253 e. The van der Waals surface area contributed by atoms with E-state index in [4.69, 9.17) is 5.73 Å². The van der Waals surface area contributed by atoms with Gasteiger partial charge in [-0.15, -0.1) is 0 Å². The summed E-state index contributed by atoms with van der Waals surface area (Å²) in [5, 5.41) is 0. The zero-order chi connectivity index (χ0) is 15.4. The fourth-order valence-electron chi connectivity index (χ4n) is 2.32. The fourth-order valence-corrected chi connectivity index (χ4v) is 2.32. The first kappa shape index (κ1) is 15.1. The molecule has 0 aliphatic carbocycles. The zero-order valence-electron chi connectivity index (χ0n) is 12.9. The van der Waals surface area contributed by atoms with Gasteiger partial charge in [-0.1, -0.05) is 30.3 Å². The Bertz CT molecular complexity index is 635. The zero-order valence-corrected chi connectivity index (χ0v) is 12.9. The van der Waals surface area contributed by atoms with Crippen molar-refractivity contribution >= 4 is 11.6 Å². The minimum absolute atomic E-state index is 0.0477.